The number of hydrogen-bond acceptors (Lipinski definition) is 4. The van der Waals surface area contributed by atoms with Crippen LogP contribution < -0.4 is 4.90 Å². The van der Waals surface area contributed by atoms with Crippen molar-refractivity contribution in [1.82, 2.24) is 0 Å². The van der Waals surface area contributed by atoms with Crippen LogP contribution in [0.25, 0.3) is 0 Å². The second-order valence-electron chi connectivity index (χ2n) is 11.6. The Morgan fingerprint density at radius 2 is 1.79 bits per heavy atom. The summed E-state index contributed by atoms with van der Waals surface area (Å²) in [6.07, 6.45) is 6.96. The Bertz CT molecular complexity index is 1430. The number of anilines is 1. The van der Waals surface area contributed by atoms with E-state index in [0.29, 0.717) is 24.9 Å². The summed E-state index contributed by atoms with van der Waals surface area (Å²) in [5.41, 5.74) is 6.10. The molecule has 0 amide bonds. The fraction of sp³-hybridized carbons (Fsp3) is 0.424. The second kappa shape index (κ2) is 8.66. The molecule has 7 rings (SSSR count). The van der Waals surface area contributed by atoms with Crippen LogP contribution in [0.4, 0.5) is 10.1 Å². The summed E-state index contributed by atoms with van der Waals surface area (Å²) in [5.74, 6) is 7.38. The van der Waals surface area contributed by atoms with Gasteiger partial charge in [0.15, 0.2) is 11.4 Å². The summed E-state index contributed by atoms with van der Waals surface area (Å²) in [6, 6.07) is 15.0. The van der Waals surface area contributed by atoms with Gasteiger partial charge in [-0.2, -0.15) is 0 Å². The van der Waals surface area contributed by atoms with Gasteiger partial charge in [0.1, 0.15) is 17.5 Å². The Labute approximate surface area is 223 Å². The van der Waals surface area contributed by atoms with Crippen molar-refractivity contribution in [3.05, 3.63) is 88.3 Å². The van der Waals surface area contributed by atoms with Gasteiger partial charge in [-0.3, -0.25) is 4.79 Å². The molecule has 2 saturated heterocycles. The van der Waals surface area contributed by atoms with Gasteiger partial charge < -0.3 is 14.4 Å². The maximum atomic E-state index is 13.4. The molecule has 0 bridgehead atoms. The zero-order chi connectivity index (χ0) is 26.1. The highest BCUT2D eigenvalue weighted by atomic mass is 19.1. The first kappa shape index (κ1) is 23.9. The molecule has 2 aromatic carbocycles. The molecule has 5 atom stereocenters. The number of allylic oxidation sites excluding steroid dienone is 3. The summed E-state index contributed by atoms with van der Waals surface area (Å²) in [6.45, 7) is 0.501. The zero-order valence-corrected chi connectivity index (χ0v) is 21.9. The largest absolute Gasteiger partial charge is 0.378 e. The van der Waals surface area contributed by atoms with E-state index in [0.717, 1.165) is 48.9 Å². The van der Waals surface area contributed by atoms with Crippen LogP contribution in [0.5, 0.6) is 0 Å². The Morgan fingerprint density at radius 1 is 1.00 bits per heavy atom. The number of halogens is 1. The Hall–Kier alpha value is -3.20. The van der Waals surface area contributed by atoms with Crippen molar-refractivity contribution < 1.29 is 18.7 Å². The van der Waals surface area contributed by atoms with E-state index in [2.05, 4.69) is 41.0 Å². The molecule has 3 aliphatic carbocycles. The van der Waals surface area contributed by atoms with Crippen molar-refractivity contribution >= 4 is 11.5 Å². The molecule has 3 fully saturated rings. The van der Waals surface area contributed by atoms with Crippen LogP contribution >= 0.6 is 0 Å². The fourth-order valence-electron chi connectivity index (χ4n) is 7.49. The quantitative estimate of drug-likeness (QED) is 0.372. The number of carbonyl (C=O) groups is 1. The number of ketones is 1. The summed E-state index contributed by atoms with van der Waals surface area (Å²) in [4.78, 5) is 14.4. The molecule has 5 heteroatoms. The summed E-state index contributed by atoms with van der Waals surface area (Å²) >= 11 is 0. The first-order chi connectivity index (χ1) is 18.4. The number of hydrogen-bond donors (Lipinski definition) is 0. The normalized spacial score (nSPS) is 33.1. The van der Waals surface area contributed by atoms with E-state index in [1.165, 1.54) is 28.9 Å². The van der Waals surface area contributed by atoms with E-state index >= 15 is 0 Å². The van der Waals surface area contributed by atoms with Crippen LogP contribution in [0.15, 0.2) is 71.3 Å². The molecule has 0 aromatic heterocycles. The summed E-state index contributed by atoms with van der Waals surface area (Å²) < 4.78 is 26.9. The lowest BCUT2D eigenvalue weighted by atomic mass is 9.66. The summed E-state index contributed by atoms with van der Waals surface area (Å²) in [5, 5.41) is 0. The Kier molecular flexibility index (Phi) is 5.44. The smallest absolute Gasteiger partial charge is 0.161 e. The highest BCUT2D eigenvalue weighted by Crippen LogP contribution is 2.68. The molecule has 1 spiro atoms. The van der Waals surface area contributed by atoms with Gasteiger partial charge in [-0.15, -0.1) is 0 Å². The van der Waals surface area contributed by atoms with Crippen LogP contribution in [0, 0.1) is 29.5 Å². The number of ether oxygens (including phenoxy) is 2. The molecule has 194 valence electrons. The number of epoxide rings is 1. The van der Waals surface area contributed by atoms with Gasteiger partial charge >= 0.3 is 0 Å². The highest BCUT2D eigenvalue weighted by molar-refractivity contribution is 5.93. The molecular weight excluding hydrogens is 477 g/mol. The van der Waals surface area contributed by atoms with E-state index < -0.39 is 11.2 Å². The van der Waals surface area contributed by atoms with Crippen LogP contribution in [0.1, 0.15) is 55.8 Å². The average Bonchev–Trinajstić information content (AvgIpc) is 3.51. The Morgan fingerprint density at radius 3 is 2.55 bits per heavy atom. The van der Waals surface area contributed by atoms with E-state index in [-0.39, 0.29) is 17.7 Å². The van der Waals surface area contributed by atoms with Gasteiger partial charge in [0.2, 0.25) is 0 Å². The van der Waals surface area contributed by atoms with Crippen molar-refractivity contribution in [2.75, 3.05) is 25.6 Å². The topological polar surface area (TPSA) is 42.1 Å². The lowest BCUT2D eigenvalue weighted by Crippen LogP contribution is -2.35. The van der Waals surface area contributed by atoms with Crippen molar-refractivity contribution in [2.45, 2.75) is 55.8 Å². The standard InChI is InChI=1S/C33H32FNO3/c1-35(2)25-10-5-22(6-11-25)31-30-27-14-12-26(36)19-23(27)7-13-28(30)29-16-18-32(33(29,38-32)20-37-31)17-15-21-3-8-24(34)9-4-21/h3-6,8-11,19,28-29,31H,7,12-14,16,18,20H2,1-2H3/t28?,29?,31-,32+,33-/m1/s1. The molecular formula is C33H32FNO3. The maximum Gasteiger partial charge on any atom is 0.161 e. The van der Waals surface area contributed by atoms with E-state index in [1.54, 1.807) is 12.1 Å². The van der Waals surface area contributed by atoms with Crippen LogP contribution in [-0.2, 0) is 14.3 Å². The van der Waals surface area contributed by atoms with Gasteiger partial charge in [-0.05, 0) is 103 Å². The van der Waals surface area contributed by atoms with Crippen molar-refractivity contribution in [2.24, 2.45) is 11.8 Å². The molecule has 38 heavy (non-hydrogen) atoms. The zero-order valence-electron chi connectivity index (χ0n) is 21.9. The van der Waals surface area contributed by atoms with E-state index in [9.17, 15) is 9.18 Å². The summed E-state index contributed by atoms with van der Waals surface area (Å²) in [7, 11) is 4.10. The van der Waals surface area contributed by atoms with Crippen LogP contribution in [0.3, 0.4) is 0 Å². The minimum Gasteiger partial charge on any atom is -0.378 e. The molecule has 4 nitrogen and oxygen atoms in total. The van der Waals surface area contributed by atoms with Crippen molar-refractivity contribution in [1.29, 1.82) is 0 Å². The van der Waals surface area contributed by atoms with Gasteiger partial charge in [0.05, 0.1) is 6.61 Å². The molecule has 2 aromatic rings. The molecule has 5 aliphatic rings. The third-order valence-corrected chi connectivity index (χ3v) is 9.42. The number of benzene rings is 2. The number of carbonyl (C=O) groups excluding carboxylic acids is 1. The van der Waals surface area contributed by atoms with Crippen molar-refractivity contribution in [3.63, 3.8) is 0 Å². The first-order valence-corrected chi connectivity index (χ1v) is 13.7. The van der Waals surface area contributed by atoms with Gasteiger partial charge in [-0.1, -0.05) is 24.0 Å². The van der Waals surface area contributed by atoms with Gasteiger partial charge in [-0.25, -0.2) is 4.39 Å². The SMILES string of the molecule is CN(C)c1ccc([C@H]2OC[C@]34O[C@@]3(C#Cc3ccc(F)cc3)CCC4C3CCC4=CC(=O)CCC4=C32)cc1. The van der Waals surface area contributed by atoms with E-state index in [1.807, 2.05) is 20.2 Å². The first-order valence-electron chi connectivity index (χ1n) is 13.7. The predicted molar refractivity (Wildman–Crippen MR) is 144 cm³/mol. The Balaban J connectivity index is 1.29. The third-order valence-electron chi connectivity index (χ3n) is 9.42. The monoisotopic (exact) mass is 509 g/mol. The lowest BCUT2D eigenvalue weighted by Gasteiger charge is -2.37. The predicted octanol–water partition coefficient (Wildman–Crippen LogP) is 5.93. The molecule has 0 radical (unpaired) electrons. The molecule has 2 unspecified atom stereocenters. The second-order valence-corrected chi connectivity index (χ2v) is 11.6. The van der Waals surface area contributed by atoms with Gasteiger partial charge in [0, 0.05) is 37.7 Å². The lowest BCUT2D eigenvalue weighted by molar-refractivity contribution is -0.114. The average molecular weight is 510 g/mol. The van der Waals surface area contributed by atoms with Crippen LogP contribution in [0.2, 0.25) is 0 Å². The minimum atomic E-state index is -0.510. The van der Waals surface area contributed by atoms with E-state index in [4.69, 9.17) is 9.47 Å². The van der Waals surface area contributed by atoms with Crippen LogP contribution in [-0.4, -0.2) is 37.7 Å². The van der Waals surface area contributed by atoms with Gasteiger partial charge in [0.25, 0.3) is 0 Å². The number of rotatable bonds is 2. The molecule has 1 saturated carbocycles. The molecule has 2 aliphatic heterocycles. The highest BCUT2D eigenvalue weighted by Gasteiger charge is 2.78. The number of fused-ring (bicyclic) bond motifs is 3. The maximum absolute atomic E-state index is 13.4. The number of nitrogens with zero attached hydrogens (tertiary/aromatic N) is 1. The fourth-order valence-corrected chi connectivity index (χ4v) is 7.49. The minimum absolute atomic E-state index is 0.157. The molecule has 0 N–H and O–H groups in total. The third kappa shape index (κ3) is 3.61. The molecule has 2 heterocycles. The van der Waals surface area contributed by atoms with Crippen molar-refractivity contribution in [3.8, 4) is 11.8 Å².